The van der Waals surface area contributed by atoms with E-state index in [0.29, 0.717) is 17.8 Å². The fraction of sp³-hybridized carbons (Fsp3) is 0.750. The van der Waals surface area contributed by atoms with Gasteiger partial charge in [0.15, 0.2) is 0 Å². The number of aromatic nitrogens is 3. The smallest absolute Gasteiger partial charge is 0.227 e. The molecule has 1 aliphatic rings. The van der Waals surface area contributed by atoms with Gasteiger partial charge in [0.05, 0.1) is 0 Å². The first kappa shape index (κ1) is 12.1. The first-order valence-electron chi connectivity index (χ1n) is 6.43. The van der Waals surface area contributed by atoms with E-state index in [9.17, 15) is 0 Å². The standard InChI is InChI=1S/C12H21N5/c1-3-4-10-15-11(13)17-12(16-10)14-7-8(2)9-5-6-9/h8-9H,3-7H2,1-2H3,(H3,13,14,15,16,17). The van der Waals surface area contributed by atoms with E-state index < -0.39 is 0 Å². The zero-order valence-electron chi connectivity index (χ0n) is 10.6. The molecule has 1 aromatic rings. The summed E-state index contributed by atoms with van der Waals surface area (Å²) in [5.74, 6) is 3.28. The Labute approximate surface area is 102 Å². The van der Waals surface area contributed by atoms with Crippen molar-refractivity contribution < 1.29 is 0 Å². The molecule has 0 aromatic carbocycles. The molecule has 0 radical (unpaired) electrons. The molecule has 1 atom stereocenters. The lowest BCUT2D eigenvalue weighted by molar-refractivity contribution is 0.534. The number of hydrogen-bond acceptors (Lipinski definition) is 5. The number of rotatable bonds is 6. The molecular formula is C12H21N5. The third-order valence-corrected chi connectivity index (χ3v) is 3.18. The average Bonchev–Trinajstić information content (AvgIpc) is 3.09. The second-order valence-corrected chi connectivity index (χ2v) is 4.88. The fourth-order valence-corrected chi connectivity index (χ4v) is 1.94. The molecule has 1 saturated carbocycles. The van der Waals surface area contributed by atoms with Crippen molar-refractivity contribution in [3.8, 4) is 0 Å². The zero-order valence-corrected chi connectivity index (χ0v) is 10.6. The Morgan fingerprint density at radius 3 is 2.76 bits per heavy atom. The molecule has 0 amide bonds. The fourth-order valence-electron chi connectivity index (χ4n) is 1.94. The second-order valence-electron chi connectivity index (χ2n) is 4.88. The van der Waals surface area contributed by atoms with Crippen molar-refractivity contribution in [2.24, 2.45) is 11.8 Å². The lowest BCUT2D eigenvalue weighted by atomic mass is 10.1. The van der Waals surface area contributed by atoms with Crippen LogP contribution in [0.2, 0.25) is 0 Å². The normalized spacial score (nSPS) is 16.8. The number of nitrogens with one attached hydrogen (secondary N) is 1. The molecule has 5 heteroatoms. The van der Waals surface area contributed by atoms with E-state index in [-0.39, 0.29) is 0 Å². The van der Waals surface area contributed by atoms with E-state index in [1.807, 2.05) is 0 Å². The van der Waals surface area contributed by atoms with Crippen LogP contribution in [0.4, 0.5) is 11.9 Å². The van der Waals surface area contributed by atoms with Gasteiger partial charge in [-0.05, 0) is 31.1 Å². The average molecular weight is 235 g/mol. The van der Waals surface area contributed by atoms with Gasteiger partial charge in [-0.2, -0.15) is 15.0 Å². The van der Waals surface area contributed by atoms with E-state index in [2.05, 4.69) is 34.1 Å². The van der Waals surface area contributed by atoms with Crippen LogP contribution in [0.5, 0.6) is 0 Å². The minimum Gasteiger partial charge on any atom is -0.368 e. The highest BCUT2D eigenvalue weighted by molar-refractivity contribution is 5.31. The predicted octanol–water partition coefficient (Wildman–Crippen LogP) is 1.86. The lowest BCUT2D eigenvalue weighted by Crippen LogP contribution is -2.16. The van der Waals surface area contributed by atoms with Gasteiger partial charge in [-0.3, -0.25) is 0 Å². The molecular weight excluding hydrogens is 214 g/mol. The van der Waals surface area contributed by atoms with Crippen molar-refractivity contribution in [1.29, 1.82) is 0 Å². The van der Waals surface area contributed by atoms with Gasteiger partial charge in [-0.15, -0.1) is 0 Å². The van der Waals surface area contributed by atoms with E-state index in [1.54, 1.807) is 0 Å². The molecule has 0 saturated heterocycles. The first-order valence-corrected chi connectivity index (χ1v) is 6.43. The van der Waals surface area contributed by atoms with Crippen molar-refractivity contribution in [2.45, 2.75) is 39.5 Å². The summed E-state index contributed by atoms with van der Waals surface area (Å²) < 4.78 is 0. The summed E-state index contributed by atoms with van der Waals surface area (Å²) in [5, 5.41) is 3.26. The van der Waals surface area contributed by atoms with Gasteiger partial charge in [-0.25, -0.2) is 0 Å². The molecule has 1 fully saturated rings. The van der Waals surface area contributed by atoms with Crippen molar-refractivity contribution >= 4 is 11.9 Å². The third-order valence-electron chi connectivity index (χ3n) is 3.18. The van der Waals surface area contributed by atoms with E-state index in [0.717, 1.165) is 31.1 Å². The number of nitrogens with two attached hydrogens (primary N) is 1. The van der Waals surface area contributed by atoms with Gasteiger partial charge < -0.3 is 11.1 Å². The molecule has 1 aromatic heterocycles. The van der Waals surface area contributed by atoms with Crippen molar-refractivity contribution in [3.63, 3.8) is 0 Å². The highest BCUT2D eigenvalue weighted by Gasteiger charge is 2.27. The largest absolute Gasteiger partial charge is 0.368 e. The molecule has 5 nitrogen and oxygen atoms in total. The molecule has 1 aliphatic carbocycles. The van der Waals surface area contributed by atoms with Crippen LogP contribution in [0, 0.1) is 11.8 Å². The number of nitrogens with zero attached hydrogens (tertiary/aromatic N) is 3. The minimum atomic E-state index is 0.310. The topological polar surface area (TPSA) is 76.7 Å². The molecule has 3 N–H and O–H groups in total. The molecule has 1 unspecified atom stereocenters. The quantitative estimate of drug-likeness (QED) is 0.787. The van der Waals surface area contributed by atoms with Gasteiger partial charge >= 0.3 is 0 Å². The van der Waals surface area contributed by atoms with E-state index in [1.165, 1.54) is 12.8 Å². The van der Waals surface area contributed by atoms with Gasteiger partial charge in [0.1, 0.15) is 5.82 Å². The summed E-state index contributed by atoms with van der Waals surface area (Å²) in [5.41, 5.74) is 5.67. The summed E-state index contributed by atoms with van der Waals surface area (Å²) >= 11 is 0. The van der Waals surface area contributed by atoms with Gasteiger partial charge in [0.25, 0.3) is 0 Å². The Morgan fingerprint density at radius 1 is 1.35 bits per heavy atom. The zero-order chi connectivity index (χ0) is 12.3. The number of hydrogen-bond donors (Lipinski definition) is 2. The molecule has 0 aliphatic heterocycles. The molecule has 0 spiro atoms. The molecule has 1 heterocycles. The van der Waals surface area contributed by atoms with Crippen LogP contribution in [-0.4, -0.2) is 21.5 Å². The number of nitrogen functional groups attached to an aromatic ring is 1. The second kappa shape index (κ2) is 5.29. The first-order chi connectivity index (χ1) is 8.19. The Morgan fingerprint density at radius 2 is 2.12 bits per heavy atom. The van der Waals surface area contributed by atoms with E-state index >= 15 is 0 Å². The van der Waals surface area contributed by atoms with Gasteiger partial charge in [-0.1, -0.05) is 13.8 Å². The van der Waals surface area contributed by atoms with Crippen LogP contribution < -0.4 is 11.1 Å². The Hall–Kier alpha value is -1.39. The Bertz CT molecular complexity index is 375. The van der Waals surface area contributed by atoms with Crippen LogP contribution in [0.15, 0.2) is 0 Å². The summed E-state index contributed by atoms with van der Waals surface area (Å²) in [4.78, 5) is 12.6. The Kier molecular flexibility index (Phi) is 3.76. The molecule has 0 bridgehead atoms. The van der Waals surface area contributed by atoms with Crippen LogP contribution >= 0.6 is 0 Å². The predicted molar refractivity (Wildman–Crippen MR) is 68.6 cm³/mol. The van der Waals surface area contributed by atoms with Crippen LogP contribution in [0.3, 0.4) is 0 Å². The maximum Gasteiger partial charge on any atom is 0.227 e. The summed E-state index contributed by atoms with van der Waals surface area (Å²) in [6.07, 6.45) is 4.59. The molecule has 94 valence electrons. The van der Waals surface area contributed by atoms with Gasteiger partial charge in [0, 0.05) is 13.0 Å². The molecule has 17 heavy (non-hydrogen) atoms. The summed E-state index contributed by atoms with van der Waals surface area (Å²) in [6, 6.07) is 0. The number of aryl methyl sites for hydroxylation is 1. The highest BCUT2D eigenvalue weighted by atomic mass is 15.2. The summed E-state index contributed by atoms with van der Waals surface area (Å²) in [6.45, 7) is 5.28. The van der Waals surface area contributed by atoms with Crippen LogP contribution in [0.1, 0.15) is 38.9 Å². The Balaban J connectivity index is 1.94. The van der Waals surface area contributed by atoms with Gasteiger partial charge in [0.2, 0.25) is 11.9 Å². The van der Waals surface area contributed by atoms with Crippen molar-refractivity contribution in [1.82, 2.24) is 15.0 Å². The monoisotopic (exact) mass is 235 g/mol. The highest BCUT2D eigenvalue weighted by Crippen LogP contribution is 2.36. The SMILES string of the molecule is CCCc1nc(N)nc(NCC(C)C2CC2)n1. The summed E-state index contributed by atoms with van der Waals surface area (Å²) in [7, 11) is 0. The van der Waals surface area contributed by atoms with Crippen LogP contribution in [0.25, 0.3) is 0 Å². The third kappa shape index (κ3) is 3.54. The van der Waals surface area contributed by atoms with E-state index in [4.69, 9.17) is 5.73 Å². The maximum atomic E-state index is 5.67. The molecule has 2 rings (SSSR count). The minimum absolute atomic E-state index is 0.310. The van der Waals surface area contributed by atoms with Crippen molar-refractivity contribution in [2.75, 3.05) is 17.6 Å². The maximum absolute atomic E-state index is 5.67. The number of anilines is 2. The van der Waals surface area contributed by atoms with Crippen molar-refractivity contribution in [3.05, 3.63) is 5.82 Å². The lowest BCUT2D eigenvalue weighted by Gasteiger charge is -2.11. The van der Waals surface area contributed by atoms with Crippen LogP contribution in [-0.2, 0) is 6.42 Å².